The summed E-state index contributed by atoms with van der Waals surface area (Å²) in [4.78, 5) is 1.36. The van der Waals surface area contributed by atoms with E-state index in [4.69, 9.17) is 9.15 Å². The zero-order chi connectivity index (χ0) is 11.9. The molecular formula is C13H17NO2S. The Bertz CT molecular complexity index is 422. The molecule has 0 atom stereocenters. The first-order valence-electron chi connectivity index (χ1n) is 5.71. The highest BCUT2D eigenvalue weighted by Crippen LogP contribution is 2.11. The van der Waals surface area contributed by atoms with Crippen LogP contribution in [0.4, 0.5) is 0 Å². The van der Waals surface area contributed by atoms with Crippen LogP contribution in [0.2, 0.25) is 0 Å². The Balaban J connectivity index is 1.67. The van der Waals surface area contributed by atoms with Gasteiger partial charge in [-0.25, -0.2) is 0 Å². The molecule has 2 heterocycles. The van der Waals surface area contributed by atoms with Crippen LogP contribution in [-0.2, 0) is 24.3 Å². The maximum atomic E-state index is 5.58. The zero-order valence-corrected chi connectivity index (χ0v) is 10.8. The van der Waals surface area contributed by atoms with Crippen molar-refractivity contribution in [3.05, 3.63) is 46.0 Å². The van der Waals surface area contributed by atoms with E-state index in [9.17, 15) is 0 Å². The van der Waals surface area contributed by atoms with Gasteiger partial charge in [0.2, 0.25) is 0 Å². The van der Waals surface area contributed by atoms with Crippen LogP contribution in [0.5, 0.6) is 0 Å². The second-order valence-electron chi connectivity index (χ2n) is 3.78. The van der Waals surface area contributed by atoms with Gasteiger partial charge < -0.3 is 14.5 Å². The van der Waals surface area contributed by atoms with Gasteiger partial charge in [0.25, 0.3) is 0 Å². The van der Waals surface area contributed by atoms with Gasteiger partial charge in [-0.15, -0.1) is 11.3 Å². The minimum atomic E-state index is 0.551. The van der Waals surface area contributed by atoms with Crippen molar-refractivity contribution >= 4 is 11.3 Å². The number of thiophene rings is 1. The first kappa shape index (κ1) is 12.4. The standard InChI is InChI=1S/C13H17NO2S/c1-14-9-11-4-5-12(16-11)10-15-7-6-13-3-2-8-17-13/h2-5,8,14H,6-7,9-10H2,1H3. The van der Waals surface area contributed by atoms with Crippen LogP contribution in [0.15, 0.2) is 34.1 Å². The van der Waals surface area contributed by atoms with E-state index in [2.05, 4.69) is 22.8 Å². The van der Waals surface area contributed by atoms with E-state index < -0.39 is 0 Å². The molecule has 0 fully saturated rings. The molecule has 92 valence electrons. The van der Waals surface area contributed by atoms with Crippen LogP contribution in [-0.4, -0.2) is 13.7 Å². The first-order chi connectivity index (χ1) is 8.38. The van der Waals surface area contributed by atoms with E-state index in [-0.39, 0.29) is 0 Å². The fraction of sp³-hybridized carbons (Fsp3) is 0.385. The summed E-state index contributed by atoms with van der Waals surface area (Å²) in [7, 11) is 1.90. The molecule has 0 radical (unpaired) electrons. The molecular weight excluding hydrogens is 234 g/mol. The van der Waals surface area contributed by atoms with Gasteiger partial charge in [-0.2, -0.15) is 0 Å². The van der Waals surface area contributed by atoms with Crippen molar-refractivity contribution in [2.24, 2.45) is 0 Å². The summed E-state index contributed by atoms with van der Waals surface area (Å²) >= 11 is 1.77. The number of nitrogens with one attached hydrogen (secondary N) is 1. The van der Waals surface area contributed by atoms with E-state index in [0.717, 1.165) is 31.1 Å². The van der Waals surface area contributed by atoms with Gasteiger partial charge >= 0.3 is 0 Å². The average molecular weight is 251 g/mol. The lowest BCUT2D eigenvalue weighted by atomic mass is 10.4. The Morgan fingerprint density at radius 3 is 2.94 bits per heavy atom. The van der Waals surface area contributed by atoms with Crippen molar-refractivity contribution in [2.75, 3.05) is 13.7 Å². The third-order valence-corrected chi connectivity index (χ3v) is 3.32. The maximum absolute atomic E-state index is 5.58. The highest BCUT2D eigenvalue weighted by Gasteiger charge is 2.01. The normalized spacial score (nSPS) is 10.9. The highest BCUT2D eigenvalue weighted by molar-refractivity contribution is 7.09. The average Bonchev–Trinajstić information content (AvgIpc) is 2.96. The van der Waals surface area contributed by atoms with Crippen LogP contribution in [0, 0.1) is 0 Å². The molecule has 0 saturated carbocycles. The molecule has 2 rings (SSSR count). The number of hydrogen-bond donors (Lipinski definition) is 1. The number of rotatable bonds is 7. The summed E-state index contributed by atoms with van der Waals surface area (Å²) in [5.74, 6) is 1.84. The van der Waals surface area contributed by atoms with Gasteiger partial charge in [0.15, 0.2) is 0 Å². The molecule has 3 nitrogen and oxygen atoms in total. The summed E-state index contributed by atoms with van der Waals surface area (Å²) < 4.78 is 11.2. The molecule has 0 bridgehead atoms. The van der Waals surface area contributed by atoms with Crippen molar-refractivity contribution < 1.29 is 9.15 Å². The van der Waals surface area contributed by atoms with Crippen molar-refractivity contribution in [3.8, 4) is 0 Å². The molecule has 0 aliphatic carbocycles. The molecule has 0 amide bonds. The SMILES string of the molecule is CNCc1ccc(COCCc2cccs2)o1. The van der Waals surface area contributed by atoms with Gasteiger partial charge in [-0.05, 0) is 30.6 Å². The Morgan fingerprint density at radius 1 is 1.29 bits per heavy atom. The molecule has 0 aliphatic rings. The third-order valence-electron chi connectivity index (χ3n) is 2.39. The highest BCUT2D eigenvalue weighted by atomic mass is 32.1. The van der Waals surface area contributed by atoms with E-state index in [0.29, 0.717) is 6.61 Å². The van der Waals surface area contributed by atoms with Crippen molar-refractivity contribution in [2.45, 2.75) is 19.6 Å². The molecule has 0 aromatic carbocycles. The number of hydrogen-bond acceptors (Lipinski definition) is 4. The minimum absolute atomic E-state index is 0.551. The molecule has 0 spiro atoms. The molecule has 1 N–H and O–H groups in total. The summed E-state index contributed by atoms with van der Waals surface area (Å²) in [5, 5.41) is 5.14. The Labute approximate surface area is 105 Å². The van der Waals surface area contributed by atoms with Crippen molar-refractivity contribution in [3.63, 3.8) is 0 Å². The van der Waals surface area contributed by atoms with Crippen LogP contribution < -0.4 is 5.32 Å². The lowest BCUT2D eigenvalue weighted by molar-refractivity contribution is 0.108. The predicted octanol–water partition coefficient (Wildman–Crippen LogP) is 2.82. The molecule has 2 aromatic rings. The number of ether oxygens (including phenoxy) is 1. The predicted molar refractivity (Wildman–Crippen MR) is 69.2 cm³/mol. The monoisotopic (exact) mass is 251 g/mol. The second kappa shape index (κ2) is 6.59. The zero-order valence-electron chi connectivity index (χ0n) is 9.94. The quantitative estimate of drug-likeness (QED) is 0.768. The summed E-state index contributed by atoms with van der Waals surface area (Å²) in [5.41, 5.74) is 0. The lowest BCUT2D eigenvalue weighted by Gasteiger charge is -2.00. The molecule has 17 heavy (non-hydrogen) atoms. The van der Waals surface area contributed by atoms with E-state index in [1.807, 2.05) is 19.2 Å². The minimum Gasteiger partial charge on any atom is -0.462 e. The molecule has 2 aromatic heterocycles. The Morgan fingerprint density at radius 2 is 2.18 bits per heavy atom. The van der Waals surface area contributed by atoms with Gasteiger partial charge in [0, 0.05) is 11.3 Å². The van der Waals surface area contributed by atoms with Crippen LogP contribution >= 0.6 is 11.3 Å². The second-order valence-corrected chi connectivity index (χ2v) is 4.81. The lowest BCUT2D eigenvalue weighted by Crippen LogP contribution is -2.03. The summed E-state index contributed by atoms with van der Waals surface area (Å²) in [6, 6.07) is 8.15. The Kier molecular flexibility index (Phi) is 4.79. The Hall–Kier alpha value is -1.10. The van der Waals surface area contributed by atoms with Gasteiger partial charge in [-0.1, -0.05) is 6.07 Å². The van der Waals surface area contributed by atoms with E-state index in [1.54, 1.807) is 11.3 Å². The van der Waals surface area contributed by atoms with E-state index >= 15 is 0 Å². The summed E-state index contributed by atoms with van der Waals surface area (Å²) in [6.45, 7) is 2.05. The molecule has 0 unspecified atom stereocenters. The molecule has 0 aliphatic heterocycles. The van der Waals surface area contributed by atoms with Gasteiger partial charge in [0.1, 0.15) is 18.1 Å². The smallest absolute Gasteiger partial charge is 0.129 e. The van der Waals surface area contributed by atoms with Crippen LogP contribution in [0.25, 0.3) is 0 Å². The maximum Gasteiger partial charge on any atom is 0.129 e. The first-order valence-corrected chi connectivity index (χ1v) is 6.59. The van der Waals surface area contributed by atoms with Gasteiger partial charge in [0.05, 0.1) is 13.2 Å². The van der Waals surface area contributed by atoms with Crippen LogP contribution in [0.3, 0.4) is 0 Å². The summed E-state index contributed by atoms with van der Waals surface area (Å²) in [6.07, 6.45) is 0.974. The molecule has 0 saturated heterocycles. The fourth-order valence-corrected chi connectivity index (χ4v) is 2.26. The van der Waals surface area contributed by atoms with Crippen LogP contribution in [0.1, 0.15) is 16.4 Å². The topological polar surface area (TPSA) is 34.4 Å². The number of furan rings is 1. The van der Waals surface area contributed by atoms with Crippen molar-refractivity contribution in [1.29, 1.82) is 0 Å². The third kappa shape index (κ3) is 4.00. The molecule has 4 heteroatoms. The largest absolute Gasteiger partial charge is 0.462 e. The van der Waals surface area contributed by atoms with E-state index in [1.165, 1.54) is 4.88 Å². The van der Waals surface area contributed by atoms with Crippen molar-refractivity contribution in [1.82, 2.24) is 5.32 Å². The fourth-order valence-electron chi connectivity index (χ4n) is 1.57. The van der Waals surface area contributed by atoms with Gasteiger partial charge in [-0.3, -0.25) is 0 Å².